The van der Waals surface area contributed by atoms with Gasteiger partial charge in [-0.15, -0.1) is 0 Å². The Morgan fingerprint density at radius 1 is 1.50 bits per heavy atom. The first-order valence-corrected chi connectivity index (χ1v) is 6.82. The second-order valence-corrected chi connectivity index (χ2v) is 5.26. The Kier molecular flexibility index (Phi) is 5.01. The van der Waals surface area contributed by atoms with Crippen LogP contribution in [0.2, 0.25) is 5.02 Å². The fraction of sp³-hybridized carbons (Fsp3) is 0.571. The summed E-state index contributed by atoms with van der Waals surface area (Å²) < 4.78 is 5.49. The monoisotopic (exact) mass is 269 g/mol. The molecule has 4 heteroatoms. The number of nitrogens with one attached hydrogen (secondary N) is 1. The highest BCUT2D eigenvalue weighted by molar-refractivity contribution is 6.31. The summed E-state index contributed by atoms with van der Waals surface area (Å²) in [5.74, 6) is 0. The Morgan fingerprint density at radius 3 is 3.00 bits per heavy atom. The molecule has 0 saturated carbocycles. The first-order chi connectivity index (χ1) is 8.66. The van der Waals surface area contributed by atoms with Crippen molar-refractivity contribution in [3.63, 3.8) is 0 Å². The van der Waals surface area contributed by atoms with Gasteiger partial charge in [0.25, 0.3) is 0 Å². The van der Waals surface area contributed by atoms with Gasteiger partial charge >= 0.3 is 0 Å². The highest BCUT2D eigenvalue weighted by Crippen LogP contribution is 2.22. The average molecular weight is 270 g/mol. The van der Waals surface area contributed by atoms with Gasteiger partial charge in [0, 0.05) is 29.8 Å². The summed E-state index contributed by atoms with van der Waals surface area (Å²) in [6.07, 6.45) is 1.74. The van der Waals surface area contributed by atoms with Crippen LogP contribution >= 0.6 is 11.6 Å². The summed E-state index contributed by atoms with van der Waals surface area (Å²) in [6, 6.07) is 7.84. The Bertz CT molecular complexity index is 386. The largest absolute Gasteiger partial charge is 0.387 e. The summed E-state index contributed by atoms with van der Waals surface area (Å²) in [6.45, 7) is 3.40. The summed E-state index contributed by atoms with van der Waals surface area (Å²) in [5.41, 5.74) is 0.784. The number of hydrogen-bond acceptors (Lipinski definition) is 3. The van der Waals surface area contributed by atoms with E-state index in [1.54, 1.807) is 6.07 Å². The van der Waals surface area contributed by atoms with Gasteiger partial charge in [0.05, 0.1) is 12.2 Å². The van der Waals surface area contributed by atoms with E-state index < -0.39 is 6.10 Å². The predicted octanol–water partition coefficient (Wildman–Crippen LogP) is 2.53. The molecule has 1 aromatic carbocycles. The summed E-state index contributed by atoms with van der Waals surface area (Å²) in [5, 5.41) is 14.1. The third-order valence-corrected chi connectivity index (χ3v) is 3.69. The number of hydrogen-bond donors (Lipinski definition) is 2. The Labute approximate surface area is 113 Å². The minimum Gasteiger partial charge on any atom is -0.387 e. The number of halogens is 1. The lowest BCUT2D eigenvalue weighted by molar-refractivity contribution is 0.0110. The smallest absolute Gasteiger partial charge is 0.0928 e. The van der Waals surface area contributed by atoms with Crippen LogP contribution in [0, 0.1) is 0 Å². The maximum atomic E-state index is 10.1. The van der Waals surface area contributed by atoms with Crippen LogP contribution in [0.25, 0.3) is 0 Å². The van der Waals surface area contributed by atoms with Gasteiger partial charge in [-0.25, -0.2) is 0 Å². The molecule has 0 bridgehead atoms. The Hall–Kier alpha value is -0.610. The first-order valence-electron chi connectivity index (χ1n) is 6.44. The second kappa shape index (κ2) is 6.53. The average Bonchev–Trinajstić information content (AvgIpc) is 2.37. The minimum absolute atomic E-state index is 0.300. The fourth-order valence-electron chi connectivity index (χ4n) is 2.32. The number of aliphatic hydroxyl groups is 1. The molecule has 1 aliphatic rings. The van der Waals surface area contributed by atoms with Crippen LogP contribution in [0.15, 0.2) is 24.3 Å². The molecule has 0 aromatic heterocycles. The van der Waals surface area contributed by atoms with Gasteiger partial charge in [-0.2, -0.15) is 0 Å². The zero-order valence-corrected chi connectivity index (χ0v) is 11.4. The molecule has 0 radical (unpaired) electrons. The quantitative estimate of drug-likeness (QED) is 0.883. The lowest BCUT2D eigenvalue weighted by atomic mass is 10.0. The van der Waals surface area contributed by atoms with Crippen LogP contribution in [0.3, 0.4) is 0 Å². The number of rotatable bonds is 4. The number of aliphatic hydroxyl groups excluding tert-OH is 1. The van der Waals surface area contributed by atoms with E-state index in [9.17, 15) is 5.11 Å². The summed E-state index contributed by atoms with van der Waals surface area (Å²) in [7, 11) is 0. The molecule has 1 heterocycles. The molecule has 3 unspecified atom stereocenters. The molecule has 3 nitrogen and oxygen atoms in total. The van der Waals surface area contributed by atoms with Crippen molar-refractivity contribution < 1.29 is 9.84 Å². The van der Waals surface area contributed by atoms with Crippen LogP contribution in [-0.2, 0) is 4.74 Å². The van der Waals surface area contributed by atoms with Crippen molar-refractivity contribution in [1.82, 2.24) is 5.32 Å². The third kappa shape index (κ3) is 3.69. The molecule has 2 N–H and O–H groups in total. The predicted molar refractivity (Wildman–Crippen MR) is 72.9 cm³/mol. The summed E-state index contributed by atoms with van der Waals surface area (Å²) in [4.78, 5) is 0. The van der Waals surface area contributed by atoms with Crippen molar-refractivity contribution in [2.75, 3.05) is 13.2 Å². The minimum atomic E-state index is -0.558. The molecule has 100 valence electrons. The van der Waals surface area contributed by atoms with Crippen molar-refractivity contribution in [1.29, 1.82) is 0 Å². The molecule has 3 atom stereocenters. The SMILES string of the molecule is CC1CC(NCC(O)c2ccccc2Cl)CCO1. The van der Waals surface area contributed by atoms with Gasteiger partial charge in [0.1, 0.15) is 0 Å². The molecule has 0 amide bonds. The van der Waals surface area contributed by atoms with Crippen LogP contribution < -0.4 is 5.32 Å². The van der Waals surface area contributed by atoms with Gasteiger partial charge in [-0.1, -0.05) is 29.8 Å². The Balaban J connectivity index is 1.84. The zero-order valence-electron chi connectivity index (χ0n) is 10.6. The molecule has 0 spiro atoms. The van der Waals surface area contributed by atoms with Crippen molar-refractivity contribution in [2.24, 2.45) is 0 Å². The van der Waals surface area contributed by atoms with Gasteiger partial charge in [-0.05, 0) is 25.8 Å². The molecule has 1 aromatic rings. The maximum Gasteiger partial charge on any atom is 0.0928 e. The van der Waals surface area contributed by atoms with E-state index in [-0.39, 0.29) is 0 Å². The molecule has 2 rings (SSSR count). The van der Waals surface area contributed by atoms with E-state index >= 15 is 0 Å². The highest BCUT2D eigenvalue weighted by atomic mass is 35.5. The first kappa shape index (κ1) is 13.8. The zero-order chi connectivity index (χ0) is 13.0. The molecule has 1 fully saturated rings. The van der Waals surface area contributed by atoms with Gasteiger partial charge in [0.15, 0.2) is 0 Å². The van der Waals surface area contributed by atoms with Crippen molar-refractivity contribution >= 4 is 11.6 Å². The lowest BCUT2D eigenvalue weighted by Crippen LogP contribution is -2.39. The van der Waals surface area contributed by atoms with Gasteiger partial charge in [0.2, 0.25) is 0 Å². The number of benzene rings is 1. The van der Waals surface area contributed by atoms with Gasteiger partial charge < -0.3 is 15.2 Å². The molecule has 0 aliphatic carbocycles. The molecular weight excluding hydrogens is 250 g/mol. The van der Waals surface area contributed by atoms with Crippen LogP contribution in [-0.4, -0.2) is 30.4 Å². The molecular formula is C14H20ClNO2. The number of ether oxygens (including phenoxy) is 1. The van der Waals surface area contributed by atoms with Crippen molar-refractivity contribution in [3.05, 3.63) is 34.9 Å². The maximum absolute atomic E-state index is 10.1. The highest BCUT2D eigenvalue weighted by Gasteiger charge is 2.20. The van der Waals surface area contributed by atoms with Crippen molar-refractivity contribution in [3.8, 4) is 0 Å². The normalized spacial score (nSPS) is 25.9. The third-order valence-electron chi connectivity index (χ3n) is 3.35. The molecule has 1 saturated heterocycles. The van der Waals surface area contributed by atoms with E-state index in [2.05, 4.69) is 12.2 Å². The molecule has 1 aliphatic heterocycles. The van der Waals surface area contributed by atoms with E-state index in [4.69, 9.17) is 16.3 Å². The topological polar surface area (TPSA) is 41.5 Å². The van der Waals surface area contributed by atoms with Crippen LogP contribution in [0.5, 0.6) is 0 Å². The fourth-order valence-corrected chi connectivity index (χ4v) is 2.58. The standard InChI is InChI=1S/C14H20ClNO2/c1-10-8-11(6-7-18-10)16-9-14(17)12-4-2-3-5-13(12)15/h2-5,10-11,14,16-17H,6-9H2,1H3. The van der Waals surface area contributed by atoms with Gasteiger partial charge in [-0.3, -0.25) is 0 Å². The van der Waals surface area contributed by atoms with E-state index in [0.717, 1.165) is 25.0 Å². The molecule has 18 heavy (non-hydrogen) atoms. The lowest BCUT2D eigenvalue weighted by Gasteiger charge is -2.29. The Morgan fingerprint density at radius 2 is 2.28 bits per heavy atom. The summed E-state index contributed by atoms with van der Waals surface area (Å²) >= 11 is 6.06. The second-order valence-electron chi connectivity index (χ2n) is 4.85. The van der Waals surface area contributed by atoms with Crippen molar-refractivity contribution in [2.45, 2.75) is 38.0 Å². The van der Waals surface area contributed by atoms with E-state index in [0.29, 0.717) is 23.7 Å². The van der Waals surface area contributed by atoms with Crippen LogP contribution in [0.4, 0.5) is 0 Å². The van der Waals surface area contributed by atoms with E-state index in [1.165, 1.54) is 0 Å². The van der Waals surface area contributed by atoms with E-state index in [1.807, 2.05) is 18.2 Å². The van der Waals surface area contributed by atoms with Crippen LogP contribution in [0.1, 0.15) is 31.4 Å².